The highest BCUT2D eigenvalue weighted by Crippen LogP contribution is 2.31. The molecular weight excluding hydrogens is 368 g/mol. The number of halogens is 1. The Balaban J connectivity index is 1.66. The molecule has 0 spiro atoms. The van der Waals surface area contributed by atoms with E-state index in [0.29, 0.717) is 5.75 Å². The number of benzene rings is 2. The lowest BCUT2D eigenvalue weighted by atomic mass is 9.87. The van der Waals surface area contributed by atoms with Gasteiger partial charge in [-0.3, -0.25) is 4.79 Å². The summed E-state index contributed by atoms with van der Waals surface area (Å²) < 4.78 is 6.70. The Bertz CT molecular complexity index is 731. The Hall–Kier alpha value is -2.01. The average molecular weight is 389 g/mol. The first-order valence-electron chi connectivity index (χ1n) is 8.14. The molecule has 2 unspecified atom stereocenters. The van der Waals surface area contributed by atoms with E-state index in [2.05, 4.69) is 21.2 Å². The van der Waals surface area contributed by atoms with Gasteiger partial charge in [-0.1, -0.05) is 22.0 Å². The molecule has 0 fully saturated rings. The van der Waals surface area contributed by atoms with E-state index in [4.69, 9.17) is 10.5 Å². The van der Waals surface area contributed by atoms with Crippen molar-refractivity contribution < 1.29 is 9.53 Å². The smallest absolute Gasteiger partial charge is 0.261 e. The second-order valence-electron chi connectivity index (χ2n) is 6.13. The summed E-state index contributed by atoms with van der Waals surface area (Å²) in [6.45, 7) is 1.77. The molecule has 3 N–H and O–H groups in total. The summed E-state index contributed by atoms with van der Waals surface area (Å²) in [5, 5.41) is 3.11. The lowest BCUT2D eigenvalue weighted by Gasteiger charge is -2.28. The Morgan fingerprint density at radius 3 is 2.79 bits per heavy atom. The topological polar surface area (TPSA) is 64.3 Å². The summed E-state index contributed by atoms with van der Waals surface area (Å²) in [4.78, 5) is 12.5. The number of aryl methyl sites for hydroxylation is 1. The summed E-state index contributed by atoms with van der Waals surface area (Å²) in [6.07, 6.45) is 2.44. The van der Waals surface area contributed by atoms with E-state index in [-0.39, 0.29) is 11.9 Å². The van der Waals surface area contributed by atoms with E-state index in [1.807, 2.05) is 42.5 Å². The fourth-order valence-electron chi connectivity index (χ4n) is 3.04. The van der Waals surface area contributed by atoms with Crippen molar-refractivity contribution in [2.24, 2.45) is 0 Å². The van der Waals surface area contributed by atoms with Gasteiger partial charge in [-0.15, -0.1) is 0 Å². The van der Waals surface area contributed by atoms with Crippen LogP contribution in [0.3, 0.4) is 0 Å². The minimum atomic E-state index is -0.551. The average Bonchev–Trinajstić information content (AvgIpc) is 2.56. The third-order valence-electron chi connectivity index (χ3n) is 4.29. The minimum absolute atomic E-state index is 0.0258. The zero-order valence-electron chi connectivity index (χ0n) is 13.6. The van der Waals surface area contributed by atoms with Crippen molar-refractivity contribution in [3.8, 4) is 5.75 Å². The highest BCUT2D eigenvalue weighted by Gasteiger charge is 2.24. The third-order valence-corrected chi connectivity index (χ3v) is 4.82. The number of nitrogen functional groups attached to an aromatic ring is 1. The standard InChI is InChI=1S/C19H21BrN2O2/c1-12(24-16-8-5-14(20)6-9-16)19(23)22-18-4-2-3-13-11-15(21)7-10-17(13)18/h5-12,18H,2-4,21H2,1H3,(H,22,23). The highest BCUT2D eigenvalue weighted by molar-refractivity contribution is 9.10. The maximum Gasteiger partial charge on any atom is 0.261 e. The molecule has 24 heavy (non-hydrogen) atoms. The van der Waals surface area contributed by atoms with Gasteiger partial charge >= 0.3 is 0 Å². The number of carbonyl (C=O) groups is 1. The van der Waals surface area contributed by atoms with Crippen molar-refractivity contribution in [1.82, 2.24) is 5.32 Å². The lowest BCUT2D eigenvalue weighted by Crippen LogP contribution is -2.39. The van der Waals surface area contributed by atoms with Crippen molar-refractivity contribution in [3.05, 3.63) is 58.1 Å². The zero-order valence-corrected chi connectivity index (χ0v) is 15.2. The summed E-state index contributed by atoms with van der Waals surface area (Å²) in [5.41, 5.74) is 9.03. The number of nitrogens with one attached hydrogen (secondary N) is 1. The van der Waals surface area contributed by atoms with Gasteiger partial charge in [-0.2, -0.15) is 0 Å². The van der Waals surface area contributed by atoms with Crippen LogP contribution in [0.4, 0.5) is 5.69 Å². The van der Waals surface area contributed by atoms with Crippen molar-refractivity contribution in [3.63, 3.8) is 0 Å². The fourth-order valence-corrected chi connectivity index (χ4v) is 3.31. The second kappa shape index (κ2) is 7.26. The normalized spacial score (nSPS) is 17.7. The predicted molar refractivity (Wildman–Crippen MR) is 98.9 cm³/mol. The molecule has 1 aliphatic rings. The molecule has 2 aromatic carbocycles. The maximum absolute atomic E-state index is 12.5. The first kappa shape index (κ1) is 16.8. The quantitative estimate of drug-likeness (QED) is 0.778. The molecular formula is C19H21BrN2O2. The summed E-state index contributed by atoms with van der Waals surface area (Å²) in [5.74, 6) is 0.574. The molecule has 0 saturated heterocycles. The van der Waals surface area contributed by atoms with Gasteiger partial charge in [-0.05, 0) is 73.7 Å². The first-order chi connectivity index (χ1) is 11.5. The van der Waals surface area contributed by atoms with Gasteiger partial charge in [0.05, 0.1) is 6.04 Å². The number of carbonyl (C=O) groups excluding carboxylic acids is 1. The van der Waals surface area contributed by atoms with E-state index < -0.39 is 6.10 Å². The molecule has 0 aromatic heterocycles. The van der Waals surface area contributed by atoms with Crippen LogP contribution in [0.15, 0.2) is 46.9 Å². The van der Waals surface area contributed by atoms with Crippen molar-refractivity contribution in [2.45, 2.75) is 38.3 Å². The molecule has 0 saturated carbocycles. The Labute approximate surface area is 150 Å². The molecule has 0 aliphatic heterocycles. The highest BCUT2D eigenvalue weighted by atomic mass is 79.9. The second-order valence-corrected chi connectivity index (χ2v) is 7.04. The van der Waals surface area contributed by atoms with Crippen LogP contribution in [-0.2, 0) is 11.2 Å². The lowest BCUT2D eigenvalue weighted by molar-refractivity contribution is -0.128. The number of hydrogen-bond donors (Lipinski definition) is 2. The van der Waals surface area contributed by atoms with Gasteiger partial charge < -0.3 is 15.8 Å². The molecule has 4 nitrogen and oxygen atoms in total. The van der Waals surface area contributed by atoms with Gasteiger partial charge in [0.15, 0.2) is 6.10 Å². The van der Waals surface area contributed by atoms with E-state index in [0.717, 1.165) is 29.4 Å². The van der Waals surface area contributed by atoms with Crippen molar-refractivity contribution >= 4 is 27.5 Å². The molecule has 1 aliphatic carbocycles. The largest absolute Gasteiger partial charge is 0.481 e. The van der Waals surface area contributed by atoms with Crippen LogP contribution >= 0.6 is 15.9 Å². The number of fused-ring (bicyclic) bond motifs is 1. The minimum Gasteiger partial charge on any atom is -0.481 e. The van der Waals surface area contributed by atoms with Gasteiger partial charge in [-0.25, -0.2) is 0 Å². The first-order valence-corrected chi connectivity index (χ1v) is 8.93. The van der Waals surface area contributed by atoms with Crippen LogP contribution in [0.5, 0.6) is 5.75 Å². The molecule has 126 valence electrons. The van der Waals surface area contributed by atoms with E-state index in [9.17, 15) is 4.79 Å². The summed E-state index contributed by atoms with van der Waals surface area (Å²) in [7, 11) is 0. The number of ether oxygens (including phenoxy) is 1. The maximum atomic E-state index is 12.5. The van der Waals surface area contributed by atoms with E-state index in [1.165, 1.54) is 11.1 Å². The van der Waals surface area contributed by atoms with Gasteiger partial charge in [0, 0.05) is 10.2 Å². The monoisotopic (exact) mass is 388 g/mol. The Morgan fingerprint density at radius 2 is 2.04 bits per heavy atom. The molecule has 2 atom stereocenters. The SMILES string of the molecule is CC(Oc1ccc(Br)cc1)C(=O)NC1CCCc2cc(N)ccc21. The van der Waals surface area contributed by atoms with Crippen LogP contribution in [0.2, 0.25) is 0 Å². The van der Waals surface area contributed by atoms with Gasteiger partial charge in [0.2, 0.25) is 0 Å². The Kier molecular flexibility index (Phi) is 5.09. The van der Waals surface area contributed by atoms with Crippen molar-refractivity contribution in [1.29, 1.82) is 0 Å². The molecule has 0 heterocycles. The van der Waals surface area contributed by atoms with Crippen molar-refractivity contribution in [2.75, 3.05) is 5.73 Å². The van der Waals surface area contributed by atoms with E-state index in [1.54, 1.807) is 6.92 Å². The predicted octanol–water partition coefficient (Wildman–Crippen LogP) is 3.99. The van der Waals surface area contributed by atoms with Crippen LogP contribution in [0, 0.1) is 0 Å². The molecule has 5 heteroatoms. The number of hydrogen-bond acceptors (Lipinski definition) is 3. The molecule has 1 amide bonds. The summed E-state index contributed by atoms with van der Waals surface area (Å²) in [6, 6.07) is 13.4. The molecule has 3 rings (SSSR count). The molecule has 0 bridgehead atoms. The molecule has 0 radical (unpaired) electrons. The van der Waals surface area contributed by atoms with Crippen LogP contribution in [0.1, 0.15) is 36.9 Å². The van der Waals surface area contributed by atoms with Crippen LogP contribution in [0.25, 0.3) is 0 Å². The van der Waals surface area contributed by atoms with E-state index >= 15 is 0 Å². The number of amides is 1. The van der Waals surface area contributed by atoms with Gasteiger partial charge in [0.1, 0.15) is 5.75 Å². The fraction of sp³-hybridized carbons (Fsp3) is 0.316. The van der Waals surface area contributed by atoms with Gasteiger partial charge in [0.25, 0.3) is 5.91 Å². The summed E-state index contributed by atoms with van der Waals surface area (Å²) >= 11 is 3.38. The van der Waals surface area contributed by atoms with Crippen LogP contribution < -0.4 is 15.8 Å². The number of rotatable bonds is 4. The number of nitrogens with two attached hydrogens (primary N) is 1. The zero-order chi connectivity index (χ0) is 17.1. The Morgan fingerprint density at radius 1 is 1.29 bits per heavy atom. The third kappa shape index (κ3) is 3.90. The molecule has 2 aromatic rings. The van der Waals surface area contributed by atoms with Crippen LogP contribution in [-0.4, -0.2) is 12.0 Å². The number of anilines is 1.